The van der Waals surface area contributed by atoms with E-state index in [1.165, 1.54) is 0 Å². The number of carbonyl (C=O) groups excluding carboxylic acids is 1. The standard InChI is InChI=1S/C21H19N3O/c25-15-18-12-7-13-24(18)19-14-22-20(16-8-3-1-4-9-16)21(23-19)17-10-5-2-6-11-17/h1-6,8-11,14-15,18H,7,12-13H2/t18-/m1/s1. The molecule has 1 fully saturated rings. The van der Waals surface area contributed by atoms with Crippen LogP contribution < -0.4 is 4.90 Å². The van der Waals surface area contributed by atoms with Crippen molar-refractivity contribution in [2.75, 3.05) is 11.4 Å². The van der Waals surface area contributed by atoms with E-state index in [1.807, 2.05) is 60.7 Å². The molecule has 4 nitrogen and oxygen atoms in total. The zero-order chi connectivity index (χ0) is 17.1. The highest BCUT2D eigenvalue weighted by molar-refractivity contribution is 5.79. The van der Waals surface area contributed by atoms with Gasteiger partial charge in [0.25, 0.3) is 0 Å². The summed E-state index contributed by atoms with van der Waals surface area (Å²) < 4.78 is 0. The molecule has 0 unspecified atom stereocenters. The van der Waals surface area contributed by atoms with Gasteiger partial charge in [0.2, 0.25) is 0 Å². The summed E-state index contributed by atoms with van der Waals surface area (Å²) in [5.41, 5.74) is 3.77. The molecule has 0 radical (unpaired) electrons. The number of anilines is 1. The van der Waals surface area contributed by atoms with E-state index in [9.17, 15) is 4.79 Å². The van der Waals surface area contributed by atoms with Crippen molar-refractivity contribution in [1.82, 2.24) is 9.97 Å². The van der Waals surface area contributed by atoms with E-state index in [4.69, 9.17) is 9.97 Å². The molecule has 2 aromatic carbocycles. The molecule has 25 heavy (non-hydrogen) atoms. The average molecular weight is 329 g/mol. The lowest BCUT2D eigenvalue weighted by atomic mass is 10.0. The van der Waals surface area contributed by atoms with Gasteiger partial charge in [-0.2, -0.15) is 0 Å². The predicted octanol–water partition coefficient (Wildman–Crippen LogP) is 3.98. The maximum Gasteiger partial charge on any atom is 0.148 e. The lowest BCUT2D eigenvalue weighted by Crippen LogP contribution is -2.31. The summed E-state index contributed by atoms with van der Waals surface area (Å²) in [6.45, 7) is 0.844. The third-order valence-electron chi connectivity index (χ3n) is 4.60. The number of nitrogens with zero attached hydrogens (tertiary/aromatic N) is 3. The molecule has 1 aromatic heterocycles. The van der Waals surface area contributed by atoms with Crippen LogP contribution in [0, 0.1) is 0 Å². The second-order valence-corrected chi connectivity index (χ2v) is 6.20. The van der Waals surface area contributed by atoms with Crippen LogP contribution in [0.25, 0.3) is 22.5 Å². The number of carbonyl (C=O) groups is 1. The third kappa shape index (κ3) is 3.03. The van der Waals surface area contributed by atoms with E-state index in [0.29, 0.717) is 0 Å². The monoisotopic (exact) mass is 329 g/mol. The lowest BCUT2D eigenvalue weighted by molar-refractivity contribution is -0.108. The highest BCUT2D eigenvalue weighted by Crippen LogP contribution is 2.32. The lowest BCUT2D eigenvalue weighted by Gasteiger charge is -2.22. The van der Waals surface area contributed by atoms with Crippen LogP contribution in [-0.4, -0.2) is 28.8 Å². The molecule has 3 aromatic rings. The van der Waals surface area contributed by atoms with Gasteiger partial charge in [0, 0.05) is 17.7 Å². The van der Waals surface area contributed by atoms with Crippen molar-refractivity contribution in [3.8, 4) is 22.5 Å². The first kappa shape index (κ1) is 15.5. The molecule has 0 spiro atoms. The van der Waals surface area contributed by atoms with Crippen molar-refractivity contribution < 1.29 is 4.79 Å². The topological polar surface area (TPSA) is 46.1 Å². The van der Waals surface area contributed by atoms with Crippen molar-refractivity contribution in [2.45, 2.75) is 18.9 Å². The van der Waals surface area contributed by atoms with Gasteiger partial charge in [-0.15, -0.1) is 0 Å². The molecule has 0 aliphatic carbocycles. The molecule has 1 atom stereocenters. The number of aldehydes is 1. The summed E-state index contributed by atoms with van der Waals surface area (Å²) in [5, 5.41) is 0. The van der Waals surface area contributed by atoms with Gasteiger partial charge >= 0.3 is 0 Å². The van der Waals surface area contributed by atoms with Crippen LogP contribution in [-0.2, 0) is 4.79 Å². The molecule has 0 bridgehead atoms. The van der Waals surface area contributed by atoms with Crippen LogP contribution in [0.4, 0.5) is 5.82 Å². The minimum atomic E-state index is -0.0968. The van der Waals surface area contributed by atoms with Crippen LogP contribution >= 0.6 is 0 Å². The molecule has 1 aliphatic heterocycles. The Kier molecular flexibility index (Phi) is 4.25. The quantitative estimate of drug-likeness (QED) is 0.679. The van der Waals surface area contributed by atoms with Gasteiger partial charge in [-0.1, -0.05) is 60.7 Å². The molecule has 1 saturated heterocycles. The van der Waals surface area contributed by atoms with Crippen molar-refractivity contribution in [3.63, 3.8) is 0 Å². The highest BCUT2D eigenvalue weighted by atomic mass is 16.1. The fourth-order valence-corrected chi connectivity index (χ4v) is 3.34. The van der Waals surface area contributed by atoms with Crippen LogP contribution in [0.1, 0.15) is 12.8 Å². The summed E-state index contributed by atoms with van der Waals surface area (Å²) in [6.07, 6.45) is 4.69. The molecule has 124 valence electrons. The minimum Gasteiger partial charge on any atom is -0.346 e. The van der Waals surface area contributed by atoms with Crippen molar-refractivity contribution in [3.05, 3.63) is 66.9 Å². The molecular formula is C21H19N3O. The first-order valence-corrected chi connectivity index (χ1v) is 8.56. The summed E-state index contributed by atoms with van der Waals surface area (Å²) in [7, 11) is 0. The van der Waals surface area contributed by atoms with Gasteiger partial charge in [0.1, 0.15) is 12.1 Å². The fourth-order valence-electron chi connectivity index (χ4n) is 3.34. The Morgan fingerprint density at radius 2 is 1.56 bits per heavy atom. The second-order valence-electron chi connectivity index (χ2n) is 6.20. The van der Waals surface area contributed by atoms with Gasteiger partial charge in [-0.05, 0) is 12.8 Å². The van der Waals surface area contributed by atoms with Crippen LogP contribution in [0.3, 0.4) is 0 Å². The van der Waals surface area contributed by atoms with Crippen molar-refractivity contribution in [2.24, 2.45) is 0 Å². The van der Waals surface area contributed by atoms with Crippen molar-refractivity contribution in [1.29, 1.82) is 0 Å². The normalized spacial score (nSPS) is 16.8. The summed E-state index contributed by atoms with van der Waals surface area (Å²) in [4.78, 5) is 23.0. The van der Waals surface area contributed by atoms with E-state index in [1.54, 1.807) is 6.20 Å². The smallest absolute Gasteiger partial charge is 0.148 e. The SMILES string of the molecule is O=C[C@H]1CCCN1c1cnc(-c2ccccc2)c(-c2ccccc2)n1. The molecule has 1 aliphatic rings. The Morgan fingerprint density at radius 3 is 2.20 bits per heavy atom. The zero-order valence-corrected chi connectivity index (χ0v) is 13.9. The van der Waals surface area contributed by atoms with E-state index in [2.05, 4.69) is 4.90 Å². The maximum absolute atomic E-state index is 11.3. The van der Waals surface area contributed by atoms with Gasteiger partial charge in [0.05, 0.1) is 23.6 Å². The summed E-state index contributed by atoms with van der Waals surface area (Å²) in [6, 6.07) is 20.1. The van der Waals surface area contributed by atoms with E-state index < -0.39 is 0 Å². The number of hydrogen-bond acceptors (Lipinski definition) is 4. The fraction of sp³-hybridized carbons (Fsp3) is 0.190. The van der Waals surface area contributed by atoms with E-state index in [-0.39, 0.29) is 6.04 Å². The van der Waals surface area contributed by atoms with Crippen LogP contribution in [0.15, 0.2) is 66.9 Å². The Labute approximate surface area is 147 Å². The Hall–Kier alpha value is -3.01. The largest absolute Gasteiger partial charge is 0.346 e. The Balaban J connectivity index is 1.85. The number of benzene rings is 2. The van der Waals surface area contributed by atoms with Crippen LogP contribution in [0.2, 0.25) is 0 Å². The second kappa shape index (κ2) is 6.85. The third-order valence-corrected chi connectivity index (χ3v) is 4.60. The van der Waals surface area contributed by atoms with Gasteiger partial charge in [0.15, 0.2) is 0 Å². The van der Waals surface area contributed by atoms with Crippen molar-refractivity contribution >= 4 is 12.1 Å². The number of rotatable bonds is 4. The molecular weight excluding hydrogens is 310 g/mol. The first-order valence-electron chi connectivity index (χ1n) is 8.56. The Morgan fingerprint density at radius 1 is 0.920 bits per heavy atom. The first-order chi connectivity index (χ1) is 12.4. The molecule has 4 rings (SSSR count). The molecule has 0 saturated carbocycles. The highest BCUT2D eigenvalue weighted by Gasteiger charge is 2.26. The number of hydrogen-bond donors (Lipinski definition) is 0. The molecule has 4 heteroatoms. The zero-order valence-electron chi connectivity index (χ0n) is 13.9. The molecule has 0 amide bonds. The van der Waals surface area contributed by atoms with Gasteiger partial charge in [-0.3, -0.25) is 4.98 Å². The minimum absolute atomic E-state index is 0.0968. The molecule has 0 N–H and O–H groups in total. The predicted molar refractivity (Wildman–Crippen MR) is 99.3 cm³/mol. The van der Waals surface area contributed by atoms with Crippen LogP contribution in [0.5, 0.6) is 0 Å². The Bertz CT molecular complexity index is 865. The van der Waals surface area contributed by atoms with Gasteiger partial charge in [-0.25, -0.2) is 4.98 Å². The maximum atomic E-state index is 11.3. The van der Waals surface area contributed by atoms with E-state index >= 15 is 0 Å². The van der Waals surface area contributed by atoms with Gasteiger partial charge < -0.3 is 9.69 Å². The van der Waals surface area contributed by atoms with E-state index in [0.717, 1.165) is 54.0 Å². The summed E-state index contributed by atoms with van der Waals surface area (Å²) in [5.74, 6) is 0.771. The number of aromatic nitrogens is 2. The average Bonchev–Trinajstić information content (AvgIpc) is 3.18. The molecule has 2 heterocycles. The summed E-state index contributed by atoms with van der Waals surface area (Å²) >= 11 is 0.